The minimum atomic E-state index is -1.18. The number of benzene rings is 1. The van der Waals surface area contributed by atoms with Gasteiger partial charge in [0.05, 0.1) is 7.11 Å². The molecular formula is C15H19BO6. The lowest BCUT2D eigenvalue weighted by Crippen LogP contribution is -2.35. The van der Waals surface area contributed by atoms with Crippen molar-refractivity contribution >= 4 is 18.9 Å². The molecular weight excluding hydrogens is 287 g/mol. The number of ketones is 1. The van der Waals surface area contributed by atoms with Crippen LogP contribution < -0.4 is 9.39 Å². The monoisotopic (exact) mass is 306 g/mol. The molecule has 1 aromatic carbocycles. The predicted octanol–water partition coefficient (Wildman–Crippen LogP) is 1.94. The Labute approximate surface area is 129 Å². The topological polar surface area (TPSA) is 93.1 Å². The van der Waals surface area contributed by atoms with Gasteiger partial charge in [-0.25, -0.2) is 4.79 Å². The smallest absolute Gasteiger partial charge is 0.526 e. The van der Waals surface area contributed by atoms with Crippen molar-refractivity contribution in [1.29, 1.82) is 0 Å². The zero-order chi connectivity index (χ0) is 16.3. The zero-order valence-electron chi connectivity index (χ0n) is 12.7. The molecule has 0 saturated carbocycles. The molecule has 0 spiro atoms. The molecule has 0 fully saturated rings. The number of carboxylic acid groups (broad SMARTS) is 1. The number of methoxy groups -OCH3 is 1. The van der Waals surface area contributed by atoms with Crippen LogP contribution in [0.2, 0.25) is 5.82 Å². The molecule has 2 N–H and O–H groups in total. The van der Waals surface area contributed by atoms with Gasteiger partial charge in [-0.2, -0.15) is 0 Å². The van der Waals surface area contributed by atoms with Crippen molar-refractivity contribution < 1.29 is 29.1 Å². The van der Waals surface area contributed by atoms with Crippen molar-refractivity contribution in [1.82, 2.24) is 0 Å². The van der Waals surface area contributed by atoms with Gasteiger partial charge in [-0.05, 0) is 30.5 Å². The van der Waals surface area contributed by atoms with Crippen molar-refractivity contribution in [3.05, 3.63) is 23.3 Å². The summed E-state index contributed by atoms with van der Waals surface area (Å²) in [7, 11) is 0.272. The number of hydrogen-bond donors (Lipinski definition) is 2. The Morgan fingerprint density at radius 2 is 2.18 bits per heavy atom. The molecule has 0 aromatic heterocycles. The summed E-state index contributed by atoms with van der Waals surface area (Å²) in [4.78, 5) is 23.1. The molecule has 0 amide bonds. The lowest BCUT2D eigenvalue weighted by Gasteiger charge is -2.28. The Hall–Kier alpha value is -2.02. The third kappa shape index (κ3) is 3.41. The number of aromatic carboxylic acids is 1. The number of carboxylic acids is 1. The van der Waals surface area contributed by atoms with Crippen LogP contribution in [0.4, 0.5) is 0 Å². The maximum absolute atomic E-state index is 11.8. The molecule has 0 saturated heterocycles. The van der Waals surface area contributed by atoms with E-state index in [1.165, 1.54) is 13.2 Å². The second-order valence-electron chi connectivity index (χ2n) is 5.43. The number of ether oxygens (including phenoxy) is 1. The molecule has 6 nitrogen and oxygen atoms in total. The molecule has 7 heteroatoms. The van der Waals surface area contributed by atoms with Crippen LogP contribution in [-0.4, -0.2) is 36.1 Å². The summed E-state index contributed by atoms with van der Waals surface area (Å²) in [6.45, 7) is 1.92. The highest BCUT2D eigenvalue weighted by Crippen LogP contribution is 2.39. The van der Waals surface area contributed by atoms with Gasteiger partial charge in [0.2, 0.25) is 0 Å². The van der Waals surface area contributed by atoms with Crippen LogP contribution in [0.5, 0.6) is 11.5 Å². The third-order valence-electron chi connectivity index (χ3n) is 3.75. The standard InChI is InChI=1S/C15H19BO6/c1-3-4-11(17)7-10-5-9-6-12(21-2)8-13(15(18)19)14(9)22-16(10)20/h6,8,10,20H,3-5,7H2,1-2H3,(H,18,19)/t10-/m1/s1. The Kier molecular flexibility index (Phi) is 5.08. The normalized spacial score (nSPS) is 16.7. The third-order valence-corrected chi connectivity index (χ3v) is 3.75. The van der Waals surface area contributed by atoms with Gasteiger partial charge in [-0.15, -0.1) is 0 Å². The Morgan fingerprint density at radius 3 is 2.77 bits per heavy atom. The van der Waals surface area contributed by atoms with E-state index in [9.17, 15) is 19.7 Å². The first-order valence-corrected chi connectivity index (χ1v) is 7.26. The van der Waals surface area contributed by atoms with Crippen LogP contribution in [0.3, 0.4) is 0 Å². The van der Waals surface area contributed by atoms with Gasteiger partial charge in [0, 0.05) is 18.7 Å². The summed E-state index contributed by atoms with van der Waals surface area (Å²) in [6, 6.07) is 3.04. The molecule has 1 aliphatic rings. The fourth-order valence-corrected chi connectivity index (χ4v) is 2.67. The number of carbonyl (C=O) groups excluding carboxylic acids is 1. The highest BCUT2D eigenvalue weighted by Gasteiger charge is 2.38. The van der Waals surface area contributed by atoms with E-state index in [-0.39, 0.29) is 29.3 Å². The average molecular weight is 306 g/mol. The Balaban J connectivity index is 2.30. The lowest BCUT2D eigenvalue weighted by atomic mass is 9.64. The van der Waals surface area contributed by atoms with E-state index < -0.39 is 13.1 Å². The summed E-state index contributed by atoms with van der Waals surface area (Å²) in [5.74, 6) is -0.891. The zero-order valence-corrected chi connectivity index (χ0v) is 12.7. The summed E-state index contributed by atoms with van der Waals surface area (Å²) >= 11 is 0. The largest absolute Gasteiger partial charge is 0.535 e. The van der Waals surface area contributed by atoms with Crippen molar-refractivity contribution in [2.45, 2.75) is 38.4 Å². The van der Waals surface area contributed by atoms with Crippen LogP contribution in [0.15, 0.2) is 12.1 Å². The lowest BCUT2D eigenvalue weighted by molar-refractivity contribution is -0.119. The Bertz CT molecular complexity index is 586. The first-order valence-electron chi connectivity index (χ1n) is 7.26. The number of Topliss-reactive ketones (excluding diaryl/α,β-unsaturated/α-hetero) is 1. The van der Waals surface area contributed by atoms with Gasteiger partial charge in [0.15, 0.2) is 0 Å². The minimum absolute atomic E-state index is 0.0493. The SMILES string of the molecule is CCCC(=O)C[C@H]1Cc2cc(OC)cc(C(=O)O)c2OB1O. The quantitative estimate of drug-likeness (QED) is 0.780. The molecule has 118 valence electrons. The maximum Gasteiger partial charge on any atom is 0.526 e. The predicted molar refractivity (Wildman–Crippen MR) is 80.5 cm³/mol. The molecule has 22 heavy (non-hydrogen) atoms. The number of carbonyl (C=O) groups is 2. The van der Waals surface area contributed by atoms with E-state index in [0.717, 1.165) is 6.42 Å². The van der Waals surface area contributed by atoms with Crippen LogP contribution in [0.25, 0.3) is 0 Å². The first-order chi connectivity index (χ1) is 10.5. The van der Waals surface area contributed by atoms with Crippen LogP contribution in [0, 0.1) is 0 Å². The molecule has 2 rings (SSSR count). The number of fused-ring (bicyclic) bond motifs is 1. The molecule has 0 radical (unpaired) electrons. The molecule has 1 aromatic rings. The van der Waals surface area contributed by atoms with Crippen LogP contribution in [-0.2, 0) is 11.2 Å². The maximum atomic E-state index is 11.8. The minimum Gasteiger partial charge on any atom is -0.535 e. The summed E-state index contributed by atoms with van der Waals surface area (Å²) in [6.07, 6.45) is 1.82. The summed E-state index contributed by atoms with van der Waals surface area (Å²) in [5.41, 5.74) is 0.586. The van der Waals surface area contributed by atoms with Crippen LogP contribution >= 0.6 is 0 Å². The molecule has 0 aliphatic carbocycles. The highest BCUT2D eigenvalue weighted by molar-refractivity contribution is 6.47. The Morgan fingerprint density at radius 1 is 1.45 bits per heavy atom. The van der Waals surface area contributed by atoms with Crippen molar-refractivity contribution in [2.75, 3.05) is 7.11 Å². The van der Waals surface area contributed by atoms with E-state index in [0.29, 0.717) is 24.2 Å². The van der Waals surface area contributed by atoms with Crippen molar-refractivity contribution in [3.63, 3.8) is 0 Å². The first kappa shape index (κ1) is 16.4. The summed E-state index contributed by atoms with van der Waals surface area (Å²) < 4.78 is 10.5. The molecule has 1 aliphatic heterocycles. The number of hydrogen-bond acceptors (Lipinski definition) is 5. The average Bonchev–Trinajstić information content (AvgIpc) is 2.47. The van der Waals surface area contributed by atoms with Gasteiger partial charge in [0.1, 0.15) is 22.8 Å². The van der Waals surface area contributed by atoms with E-state index in [1.54, 1.807) is 6.07 Å². The van der Waals surface area contributed by atoms with Crippen molar-refractivity contribution in [2.24, 2.45) is 0 Å². The van der Waals surface area contributed by atoms with Crippen LogP contribution in [0.1, 0.15) is 42.1 Å². The molecule has 1 atom stereocenters. The van der Waals surface area contributed by atoms with E-state index >= 15 is 0 Å². The second-order valence-corrected chi connectivity index (χ2v) is 5.43. The highest BCUT2D eigenvalue weighted by atomic mass is 16.5. The van der Waals surface area contributed by atoms with Crippen molar-refractivity contribution in [3.8, 4) is 11.5 Å². The van der Waals surface area contributed by atoms with E-state index in [1.807, 2.05) is 6.92 Å². The molecule has 0 unspecified atom stereocenters. The van der Waals surface area contributed by atoms with Gasteiger partial charge >= 0.3 is 13.1 Å². The number of rotatable bonds is 6. The fraction of sp³-hybridized carbons (Fsp3) is 0.467. The molecule has 0 bridgehead atoms. The van der Waals surface area contributed by atoms with Gasteiger partial charge < -0.3 is 19.5 Å². The molecule has 1 heterocycles. The van der Waals surface area contributed by atoms with Gasteiger partial charge in [-0.3, -0.25) is 4.79 Å². The second kappa shape index (κ2) is 6.83. The van der Waals surface area contributed by atoms with Gasteiger partial charge in [-0.1, -0.05) is 6.92 Å². The fourth-order valence-electron chi connectivity index (χ4n) is 2.67. The van der Waals surface area contributed by atoms with E-state index in [2.05, 4.69) is 0 Å². The van der Waals surface area contributed by atoms with Gasteiger partial charge in [0.25, 0.3) is 0 Å². The summed E-state index contributed by atoms with van der Waals surface area (Å²) in [5, 5.41) is 19.3. The van der Waals surface area contributed by atoms with E-state index in [4.69, 9.17) is 9.39 Å².